The van der Waals surface area contributed by atoms with E-state index < -0.39 is 6.10 Å². The molecule has 4 rings (SSSR count). The fourth-order valence-electron chi connectivity index (χ4n) is 3.96. The topological polar surface area (TPSA) is 155 Å². The van der Waals surface area contributed by atoms with Crippen LogP contribution in [0.4, 0.5) is 17.2 Å². The number of carbonyl (C=O) groups excluding carboxylic acids is 1. The molecule has 35 heavy (non-hydrogen) atoms. The third-order valence-electron chi connectivity index (χ3n) is 5.96. The van der Waals surface area contributed by atoms with Crippen molar-refractivity contribution in [1.29, 1.82) is 0 Å². The second-order valence-corrected chi connectivity index (χ2v) is 9.98. The molecule has 0 bridgehead atoms. The second kappa shape index (κ2) is 11.4. The highest BCUT2D eigenvalue weighted by Crippen LogP contribution is 2.26. The van der Waals surface area contributed by atoms with E-state index in [2.05, 4.69) is 30.5 Å². The van der Waals surface area contributed by atoms with Gasteiger partial charge in [0.1, 0.15) is 10.7 Å². The molecule has 3 aromatic rings. The van der Waals surface area contributed by atoms with Crippen LogP contribution in [0.15, 0.2) is 36.7 Å². The molecule has 7 N–H and O–H groups in total. The number of nitrogens with one attached hydrogen (secondary N) is 2. The first kappa shape index (κ1) is 24.8. The van der Waals surface area contributed by atoms with Crippen molar-refractivity contribution in [3.05, 3.63) is 47.2 Å². The van der Waals surface area contributed by atoms with Gasteiger partial charge in [-0.25, -0.2) is 9.97 Å². The SMILES string of the molecule is C[C@@H](O)CNc1nc(C(=O)NCC2CCN(Cc3cnc(-c4ccccn4)s3)CC2)cc(N)c1N. The fraction of sp³-hybridized carbons (Fsp3) is 0.417. The first-order valence-corrected chi connectivity index (χ1v) is 12.5. The molecule has 1 fully saturated rings. The number of piperidine rings is 1. The van der Waals surface area contributed by atoms with Crippen molar-refractivity contribution in [1.82, 2.24) is 25.2 Å². The Hall–Kier alpha value is -3.28. The van der Waals surface area contributed by atoms with Crippen molar-refractivity contribution in [3.8, 4) is 10.7 Å². The third-order valence-corrected chi connectivity index (χ3v) is 6.97. The van der Waals surface area contributed by atoms with Gasteiger partial charge in [-0.3, -0.25) is 14.7 Å². The summed E-state index contributed by atoms with van der Waals surface area (Å²) in [4.78, 5) is 29.5. The standard InChI is InChI=1S/C24H32N8O2S/c1-15(33)11-28-22-21(26)18(25)10-20(31-22)23(34)29-12-16-5-8-32(9-6-16)14-17-13-30-24(35-17)19-4-2-3-7-27-19/h2-4,7,10,13,15-16,33H,5-6,8-9,11-12,14,26H2,1H3,(H,29,34)(H3,25,28,31)/t15-/m1/s1. The monoisotopic (exact) mass is 496 g/mol. The Balaban J connectivity index is 1.24. The number of hydrogen-bond acceptors (Lipinski definition) is 10. The molecule has 0 spiro atoms. The third kappa shape index (κ3) is 6.65. The highest BCUT2D eigenvalue weighted by atomic mass is 32.1. The minimum atomic E-state index is -0.584. The summed E-state index contributed by atoms with van der Waals surface area (Å²) in [6.45, 7) is 5.30. The maximum Gasteiger partial charge on any atom is 0.270 e. The number of rotatable bonds is 9. The van der Waals surface area contributed by atoms with Crippen LogP contribution in [0.2, 0.25) is 0 Å². The Morgan fingerprint density at radius 3 is 2.80 bits per heavy atom. The molecule has 1 aliphatic heterocycles. The second-order valence-electron chi connectivity index (χ2n) is 8.87. The molecule has 1 aliphatic rings. The van der Waals surface area contributed by atoms with E-state index in [4.69, 9.17) is 11.5 Å². The predicted octanol–water partition coefficient (Wildman–Crippen LogP) is 2.20. The summed E-state index contributed by atoms with van der Waals surface area (Å²) < 4.78 is 0. The molecular weight excluding hydrogens is 464 g/mol. The molecule has 3 aromatic heterocycles. The zero-order chi connectivity index (χ0) is 24.8. The summed E-state index contributed by atoms with van der Waals surface area (Å²) in [5.74, 6) is 0.421. The number of aromatic nitrogens is 3. The summed E-state index contributed by atoms with van der Waals surface area (Å²) in [7, 11) is 0. The molecule has 1 atom stereocenters. The van der Waals surface area contributed by atoms with E-state index >= 15 is 0 Å². The van der Waals surface area contributed by atoms with Crippen LogP contribution in [0.1, 0.15) is 35.1 Å². The average Bonchev–Trinajstić information content (AvgIpc) is 3.33. The molecule has 11 heteroatoms. The minimum Gasteiger partial charge on any atom is -0.397 e. The summed E-state index contributed by atoms with van der Waals surface area (Å²) >= 11 is 1.68. The summed E-state index contributed by atoms with van der Waals surface area (Å²) in [6.07, 6.45) is 5.15. The van der Waals surface area contributed by atoms with Gasteiger partial charge >= 0.3 is 0 Å². The Morgan fingerprint density at radius 1 is 1.29 bits per heavy atom. The Labute approximate surface area is 208 Å². The molecule has 4 heterocycles. The quantitative estimate of drug-likeness (QED) is 0.300. The van der Waals surface area contributed by atoms with Gasteiger partial charge in [0, 0.05) is 36.9 Å². The minimum absolute atomic E-state index is 0.205. The van der Waals surface area contributed by atoms with Gasteiger partial charge in [-0.1, -0.05) is 6.07 Å². The van der Waals surface area contributed by atoms with E-state index in [0.29, 0.717) is 18.3 Å². The van der Waals surface area contributed by atoms with Crippen molar-refractivity contribution in [2.24, 2.45) is 5.92 Å². The van der Waals surface area contributed by atoms with E-state index in [0.717, 1.165) is 43.2 Å². The van der Waals surface area contributed by atoms with Crippen LogP contribution in [0, 0.1) is 5.92 Å². The van der Waals surface area contributed by atoms with Crippen LogP contribution in [0.5, 0.6) is 0 Å². The maximum absolute atomic E-state index is 12.7. The van der Waals surface area contributed by atoms with Crippen molar-refractivity contribution in [2.45, 2.75) is 32.4 Å². The number of hydrogen-bond donors (Lipinski definition) is 5. The largest absolute Gasteiger partial charge is 0.397 e. The molecule has 186 valence electrons. The van der Waals surface area contributed by atoms with Gasteiger partial charge in [0.2, 0.25) is 0 Å². The van der Waals surface area contributed by atoms with Gasteiger partial charge in [0.25, 0.3) is 5.91 Å². The number of carbonyl (C=O) groups is 1. The van der Waals surface area contributed by atoms with Gasteiger partial charge < -0.3 is 27.2 Å². The van der Waals surface area contributed by atoms with Gasteiger partial charge in [-0.15, -0.1) is 11.3 Å². The summed E-state index contributed by atoms with van der Waals surface area (Å²) in [6, 6.07) is 7.33. The zero-order valence-electron chi connectivity index (χ0n) is 19.8. The number of nitrogens with two attached hydrogens (primary N) is 2. The number of nitrogens with zero attached hydrogens (tertiary/aromatic N) is 4. The molecule has 0 aliphatic carbocycles. The smallest absolute Gasteiger partial charge is 0.270 e. The molecule has 1 saturated heterocycles. The van der Waals surface area contributed by atoms with E-state index in [1.807, 2.05) is 24.4 Å². The molecule has 0 radical (unpaired) electrons. The number of likely N-dealkylation sites (tertiary alicyclic amines) is 1. The Bertz CT molecular complexity index is 1130. The highest BCUT2D eigenvalue weighted by molar-refractivity contribution is 7.14. The average molecular weight is 497 g/mol. The number of amides is 1. The molecule has 0 saturated carbocycles. The Morgan fingerprint density at radius 2 is 2.09 bits per heavy atom. The fourth-order valence-corrected chi connectivity index (χ4v) is 4.89. The lowest BCUT2D eigenvalue weighted by molar-refractivity contribution is 0.0930. The lowest BCUT2D eigenvalue weighted by atomic mass is 9.96. The molecule has 1 amide bonds. The van der Waals surface area contributed by atoms with Crippen molar-refractivity contribution >= 4 is 34.4 Å². The number of nitrogen functional groups attached to an aromatic ring is 2. The first-order chi connectivity index (χ1) is 16.9. The maximum atomic E-state index is 12.7. The number of aliphatic hydroxyl groups is 1. The Kier molecular flexibility index (Phi) is 8.11. The summed E-state index contributed by atoms with van der Waals surface area (Å²) in [5, 5.41) is 16.3. The lowest BCUT2D eigenvalue weighted by Gasteiger charge is -2.31. The van der Waals surface area contributed by atoms with Gasteiger partial charge in [0.15, 0.2) is 5.82 Å². The number of aliphatic hydroxyl groups excluding tert-OH is 1. The normalized spacial score (nSPS) is 15.6. The van der Waals surface area contributed by atoms with Crippen LogP contribution in [-0.4, -0.2) is 63.1 Å². The van der Waals surface area contributed by atoms with Crippen LogP contribution in [0.25, 0.3) is 10.7 Å². The van der Waals surface area contributed by atoms with Crippen LogP contribution < -0.4 is 22.1 Å². The first-order valence-electron chi connectivity index (χ1n) is 11.7. The van der Waals surface area contributed by atoms with Crippen LogP contribution >= 0.6 is 11.3 Å². The number of anilines is 3. The number of pyridine rings is 2. The zero-order valence-corrected chi connectivity index (χ0v) is 20.6. The van der Waals surface area contributed by atoms with E-state index in [9.17, 15) is 9.90 Å². The van der Waals surface area contributed by atoms with Crippen LogP contribution in [-0.2, 0) is 6.54 Å². The molecule has 10 nitrogen and oxygen atoms in total. The van der Waals surface area contributed by atoms with Crippen molar-refractivity contribution in [2.75, 3.05) is 43.0 Å². The highest BCUT2D eigenvalue weighted by Gasteiger charge is 2.22. The molecule has 0 unspecified atom stereocenters. The predicted molar refractivity (Wildman–Crippen MR) is 139 cm³/mol. The molecule has 0 aromatic carbocycles. The van der Waals surface area contributed by atoms with E-state index in [-0.39, 0.29) is 29.5 Å². The van der Waals surface area contributed by atoms with E-state index in [1.54, 1.807) is 24.5 Å². The summed E-state index contributed by atoms with van der Waals surface area (Å²) in [5.41, 5.74) is 13.6. The van der Waals surface area contributed by atoms with Gasteiger partial charge in [0.05, 0.1) is 23.2 Å². The van der Waals surface area contributed by atoms with Gasteiger partial charge in [-0.2, -0.15) is 0 Å². The van der Waals surface area contributed by atoms with E-state index in [1.165, 1.54) is 10.9 Å². The van der Waals surface area contributed by atoms with Crippen molar-refractivity contribution in [3.63, 3.8) is 0 Å². The molecular formula is C24H32N8O2S. The lowest BCUT2D eigenvalue weighted by Crippen LogP contribution is -2.38. The van der Waals surface area contributed by atoms with Gasteiger partial charge in [-0.05, 0) is 57.0 Å². The van der Waals surface area contributed by atoms with Crippen molar-refractivity contribution < 1.29 is 9.90 Å². The number of thiazole rings is 1. The van der Waals surface area contributed by atoms with Crippen LogP contribution in [0.3, 0.4) is 0 Å².